The second-order valence-electron chi connectivity index (χ2n) is 7.39. The van der Waals surface area contributed by atoms with Crippen LogP contribution in [0.3, 0.4) is 0 Å². The quantitative estimate of drug-likeness (QED) is 0.814. The van der Waals surface area contributed by atoms with E-state index < -0.39 is 6.10 Å². The molecule has 1 aromatic carbocycles. The van der Waals surface area contributed by atoms with Gasteiger partial charge in [-0.1, -0.05) is 18.2 Å². The molecule has 3 rings (SSSR count). The Morgan fingerprint density at radius 3 is 2.56 bits per heavy atom. The summed E-state index contributed by atoms with van der Waals surface area (Å²) in [5.41, 5.74) is 1.11. The number of nitrogens with zero attached hydrogens (tertiary/aromatic N) is 2. The molecule has 5 nitrogen and oxygen atoms in total. The summed E-state index contributed by atoms with van der Waals surface area (Å²) in [4.78, 5) is 4.91. The van der Waals surface area contributed by atoms with E-state index in [1.54, 1.807) is 0 Å². The molecular weight excluding hydrogens is 316 g/mol. The van der Waals surface area contributed by atoms with Crippen molar-refractivity contribution in [3.8, 4) is 5.75 Å². The van der Waals surface area contributed by atoms with Crippen LogP contribution < -0.4 is 4.74 Å². The molecule has 2 fully saturated rings. The van der Waals surface area contributed by atoms with Gasteiger partial charge in [-0.3, -0.25) is 4.90 Å². The summed E-state index contributed by atoms with van der Waals surface area (Å²) in [5.74, 6) is 1.65. The number of para-hydroxylation sites is 1. The first kappa shape index (κ1) is 18.6. The number of β-amino-alcohol motifs (C(OH)–C–C–N with tert-alkyl or cyclic N) is 1. The Morgan fingerprint density at radius 1 is 1.12 bits per heavy atom. The third-order valence-corrected chi connectivity index (χ3v) is 5.32. The van der Waals surface area contributed by atoms with Crippen molar-refractivity contribution in [3.05, 3.63) is 29.8 Å². The van der Waals surface area contributed by atoms with E-state index in [1.165, 1.54) is 19.4 Å². The van der Waals surface area contributed by atoms with E-state index in [4.69, 9.17) is 9.47 Å². The van der Waals surface area contributed by atoms with E-state index in [9.17, 15) is 5.11 Å². The molecule has 2 saturated heterocycles. The lowest BCUT2D eigenvalue weighted by atomic mass is 9.96. The van der Waals surface area contributed by atoms with Crippen LogP contribution in [-0.2, 0) is 4.74 Å². The predicted molar refractivity (Wildman–Crippen MR) is 99.1 cm³/mol. The van der Waals surface area contributed by atoms with Crippen molar-refractivity contribution in [2.45, 2.75) is 25.9 Å². The molecule has 0 bridgehead atoms. The molecular formula is C20H32N2O3. The van der Waals surface area contributed by atoms with Crippen molar-refractivity contribution >= 4 is 0 Å². The fraction of sp³-hybridized carbons (Fsp3) is 0.700. The van der Waals surface area contributed by atoms with E-state index in [2.05, 4.69) is 9.80 Å². The number of morpholine rings is 1. The van der Waals surface area contributed by atoms with Crippen molar-refractivity contribution in [2.24, 2.45) is 5.92 Å². The Kier molecular flexibility index (Phi) is 7.11. The number of piperidine rings is 1. The average molecular weight is 348 g/mol. The minimum atomic E-state index is -0.435. The Bertz CT molecular complexity index is 511. The van der Waals surface area contributed by atoms with Crippen LogP contribution >= 0.6 is 0 Å². The van der Waals surface area contributed by atoms with Crippen molar-refractivity contribution in [3.63, 3.8) is 0 Å². The van der Waals surface area contributed by atoms with Gasteiger partial charge in [0, 0.05) is 26.2 Å². The largest absolute Gasteiger partial charge is 0.491 e. The smallest absolute Gasteiger partial charge is 0.122 e. The molecule has 2 heterocycles. The zero-order valence-electron chi connectivity index (χ0n) is 15.4. The number of hydrogen-bond donors (Lipinski definition) is 1. The van der Waals surface area contributed by atoms with Gasteiger partial charge in [-0.2, -0.15) is 0 Å². The summed E-state index contributed by atoms with van der Waals surface area (Å²) in [7, 11) is 0. The monoisotopic (exact) mass is 348 g/mol. The maximum absolute atomic E-state index is 10.3. The van der Waals surface area contributed by atoms with Gasteiger partial charge in [0.05, 0.1) is 13.2 Å². The molecule has 140 valence electrons. The Morgan fingerprint density at radius 2 is 1.84 bits per heavy atom. The summed E-state index contributed by atoms with van der Waals surface area (Å²) in [5, 5.41) is 10.3. The standard InChI is InChI=1S/C20H32N2O3/c1-17-4-2-3-5-20(17)25-16-19(23)15-21-8-6-18(7-9-21)14-22-10-12-24-13-11-22/h2-5,18-19,23H,6-16H2,1H3/t19-/m1/s1. The minimum Gasteiger partial charge on any atom is -0.491 e. The molecule has 0 saturated carbocycles. The highest BCUT2D eigenvalue weighted by atomic mass is 16.5. The Balaban J connectivity index is 1.33. The zero-order valence-corrected chi connectivity index (χ0v) is 15.4. The second-order valence-corrected chi connectivity index (χ2v) is 7.39. The Hall–Kier alpha value is -1.14. The van der Waals surface area contributed by atoms with Crippen LogP contribution in [0.2, 0.25) is 0 Å². The van der Waals surface area contributed by atoms with E-state index in [-0.39, 0.29) is 0 Å². The molecule has 5 heteroatoms. The maximum Gasteiger partial charge on any atom is 0.122 e. The third-order valence-electron chi connectivity index (χ3n) is 5.32. The highest BCUT2D eigenvalue weighted by Crippen LogP contribution is 2.20. The number of hydrogen-bond acceptors (Lipinski definition) is 5. The van der Waals surface area contributed by atoms with Gasteiger partial charge in [-0.15, -0.1) is 0 Å². The first-order valence-electron chi connectivity index (χ1n) is 9.59. The molecule has 0 aromatic heterocycles. The lowest BCUT2D eigenvalue weighted by Gasteiger charge is -2.36. The number of likely N-dealkylation sites (tertiary alicyclic amines) is 1. The molecule has 2 aliphatic heterocycles. The zero-order chi connectivity index (χ0) is 17.5. The first-order chi connectivity index (χ1) is 12.2. The fourth-order valence-corrected chi connectivity index (χ4v) is 3.76. The number of benzene rings is 1. The fourth-order valence-electron chi connectivity index (χ4n) is 3.76. The lowest BCUT2D eigenvalue weighted by Crippen LogP contribution is -2.44. The number of aliphatic hydroxyl groups is 1. The molecule has 1 atom stereocenters. The van der Waals surface area contributed by atoms with E-state index in [0.717, 1.165) is 56.6 Å². The van der Waals surface area contributed by atoms with Crippen LogP contribution in [0.5, 0.6) is 5.75 Å². The summed E-state index contributed by atoms with van der Waals surface area (Å²) < 4.78 is 11.2. The van der Waals surface area contributed by atoms with Crippen LogP contribution in [0.1, 0.15) is 18.4 Å². The normalized spacial score (nSPS) is 22.0. The number of rotatable bonds is 7. The van der Waals surface area contributed by atoms with Crippen LogP contribution in [0.25, 0.3) is 0 Å². The average Bonchev–Trinajstić information content (AvgIpc) is 2.64. The van der Waals surface area contributed by atoms with Gasteiger partial charge in [0.15, 0.2) is 0 Å². The van der Waals surface area contributed by atoms with Gasteiger partial charge in [0.1, 0.15) is 18.5 Å². The number of aliphatic hydroxyl groups excluding tert-OH is 1. The second kappa shape index (κ2) is 9.53. The highest BCUT2D eigenvalue weighted by molar-refractivity contribution is 5.31. The molecule has 0 unspecified atom stereocenters. The van der Waals surface area contributed by atoms with Gasteiger partial charge in [-0.25, -0.2) is 0 Å². The van der Waals surface area contributed by atoms with Crippen molar-refractivity contribution < 1.29 is 14.6 Å². The minimum absolute atomic E-state index is 0.360. The highest BCUT2D eigenvalue weighted by Gasteiger charge is 2.23. The SMILES string of the molecule is Cc1ccccc1OC[C@H](O)CN1CCC(CN2CCOCC2)CC1. The number of aryl methyl sites for hydroxylation is 1. The molecule has 0 spiro atoms. The summed E-state index contributed by atoms with van der Waals surface area (Å²) in [6.45, 7) is 10.4. The molecule has 0 aliphatic carbocycles. The van der Waals surface area contributed by atoms with Crippen LogP contribution in [-0.4, -0.2) is 80.1 Å². The topological polar surface area (TPSA) is 45.2 Å². The van der Waals surface area contributed by atoms with Crippen LogP contribution in [0, 0.1) is 12.8 Å². The van der Waals surface area contributed by atoms with E-state index >= 15 is 0 Å². The molecule has 2 aliphatic rings. The first-order valence-corrected chi connectivity index (χ1v) is 9.59. The van der Waals surface area contributed by atoms with Gasteiger partial charge in [0.2, 0.25) is 0 Å². The summed E-state index contributed by atoms with van der Waals surface area (Å²) in [6.07, 6.45) is 2.02. The Labute approximate surface area is 151 Å². The molecule has 1 N–H and O–H groups in total. The molecule has 0 amide bonds. The van der Waals surface area contributed by atoms with Crippen molar-refractivity contribution in [1.29, 1.82) is 0 Å². The lowest BCUT2D eigenvalue weighted by molar-refractivity contribution is 0.0191. The van der Waals surface area contributed by atoms with E-state index in [1.807, 2.05) is 31.2 Å². The third kappa shape index (κ3) is 5.96. The van der Waals surface area contributed by atoms with Crippen LogP contribution in [0.15, 0.2) is 24.3 Å². The van der Waals surface area contributed by atoms with Crippen LogP contribution in [0.4, 0.5) is 0 Å². The van der Waals surface area contributed by atoms with Gasteiger partial charge in [0.25, 0.3) is 0 Å². The molecule has 0 radical (unpaired) electrons. The number of ether oxygens (including phenoxy) is 2. The predicted octanol–water partition coefficient (Wildman–Crippen LogP) is 1.78. The van der Waals surface area contributed by atoms with Gasteiger partial charge >= 0.3 is 0 Å². The van der Waals surface area contributed by atoms with Gasteiger partial charge in [-0.05, 0) is 50.4 Å². The van der Waals surface area contributed by atoms with Crippen molar-refractivity contribution in [2.75, 3.05) is 59.1 Å². The summed E-state index contributed by atoms with van der Waals surface area (Å²) >= 11 is 0. The van der Waals surface area contributed by atoms with Gasteiger partial charge < -0.3 is 19.5 Å². The maximum atomic E-state index is 10.3. The summed E-state index contributed by atoms with van der Waals surface area (Å²) in [6, 6.07) is 7.95. The van der Waals surface area contributed by atoms with Crippen molar-refractivity contribution in [1.82, 2.24) is 9.80 Å². The molecule has 25 heavy (non-hydrogen) atoms. The van der Waals surface area contributed by atoms with E-state index in [0.29, 0.717) is 13.2 Å². The molecule has 1 aromatic rings.